The van der Waals surface area contributed by atoms with E-state index < -0.39 is 0 Å². The smallest absolute Gasteiger partial charge is 0.0481 e. The molecule has 1 aromatic carbocycles. The van der Waals surface area contributed by atoms with Gasteiger partial charge < -0.3 is 9.88 Å². The highest BCUT2D eigenvalue weighted by atomic mass is 32.1. The van der Waals surface area contributed by atoms with Crippen LogP contribution in [0.15, 0.2) is 48.0 Å². The highest BCUT2D eigenvalue weighted by Gasteiger charge is 2.09. The van der Waals surface area contributed by atoms with Crippen molar-refractivity contribution in [2.75, 3.05) is 0 Å². The molecule has 0 spiro atoms. The van der Waals surface area contributed by atoms with Crippen molar-refractivity contribution in [1.29, 1.82) is 0 Å². The molecule has 0 bridgehead atoms. The third-order valence-corrected chi connectivity index (χ3v) is 4.60. The Labute approximate surface area is 117 Å². The first-order valence-corrected chi connectivity index (χ1v) is 7.43. The molecule has 3 aromatic rings. The van der Waals surface area contributed by atoms with E-state index in [0.29, 0.717) is 6.04 Å². The molecule has 2 heterocycles. The molecule has 1 N–H and O–H groups in total. The zero-order chi connectivity index (χ0) is 13.2. The number of nitrogens with zero attached hydrogens (tertiary/aromatic N) is 1. The van der Waals surface area contributed by atoms with Crippen LogP contribution in [0.3, 0.4) is 0 Å². The molecule has 0 fully saturated rings. The lowest BCUT2D eigenvalue weighted by atomic mass is 10.1. The molecule has 2 nitrogen and oxygen atoms in total. The Morgan fingerprint density at radius 3 is 2.84 bits per heavy atom. The monoisotopic (exact) mass is 270 g/mol. The average Bonchev–Trinajstić information content (AvgIpc) is 3.06. The van der Waals surface area contributed by atoms with Crippen LogP contribution >= 0.6 is 11.3 Å². The normalized spacial score (nSPS) is 12.9. The first-order chi connectivity index (χ1) is 9.25. The summed E-state index contributed by atoms with van der Waals surface area (Å²) in [5.74, 6) is 0. The van der Waals surface area contributed by atoms with E-state index in [1.807, 2.05) is 11.3 Å². The molecule has 0 unspecified atom stereocenters. The second-order valence-corrected chi connectivity index (χ2v) is 5.88. The van der Waals surface area contributed by atoms with Gasteiger partial charge in [0, 0.05) is 41.6 Å². The summed E-state index contributed by atoms with van der Waals surface area (Å²) >= 11 is 1.81. The molecule has 0 amide bonds. The summed E-state index contributed by atoms with van der Waals surface area (Å²) in [6, 6.07) is 13.3. The number of thiophene rings is 1. The van der Waals surface area contributed by atoms with E-state index in [0.717, 1.165) is 6.54 Å². The van der Waals surface area contributed by atoms with E-state index in [1.54, 1.807) is 0 Å². The van der Waals surface area contributed by atoms with Crippen molar-refractivity contribution in [3.63, 3.8) is 0 Å². The molecular formula is C16H18N2S. The molecule has 1 atom stereocenters. The maximum Gasteiger partial charge on any atom is 0.0481 e. The number of aryl methyl sites for hydroxylation is 1. The number of nitrogens with one attached hydrogen (secondary N) is 1. The minimum Gasteiger partial charge on any atom is -0.350 e. The van der Waals surface area contributed by atoms with Gasteiger partial charge in [0.1, 0.15) is 0 Å². The fourth-order valence-corrected chi connectivity index (χ4v) is 3.23. The Hall–Kier alpha value is -1.58. The lowest BCUT2D eigenvalue weighted by Crippen LogP contribution is -2.16. The summed E-state index contributed by atoms with van der Waals surface area (Å²) in [7, 11) is 2.11. The molecule has 3 rings (SSSR count). The van der Waals surface area contributed by atoms with E-state index in [4.69, 9.17) is 0 Å². The molecule has 0 saturated heterocycles. The maximum absolute atomic E-state index is 3.60. The van der Waals surface area contributed by atoms with Gasteiger partial charge in [-0.2, -0.15) is 0 Å². The van der Waals surface area contributed by atoms with Crippen molar-refractivity contribution in [2.45, 2.75) is 19.5 Å². The van der Waals surface area contributed by atoms with E-state index in [1.165, 1.54) is 21.3 Å². The highest BCUT2D eigenvalue weighted by molar-refractivity contribution is 7.10. The van der Waals surface area contributed by atoms with Crippen molar-refractivity contribution in [1.82, 2.24) is 9.88 Å². The zero-order valence-corrected chi connectivity index (χ0v) is 12.1. The van der Waals surface area contributed by atoms with Gasteiger partial charge in [0.05, 0.1) is 0 Å². The molecule has 0 saturated carbocycles. The Morgan fingerprint density at radius 2 is 2.05 bits per heavy atom. The van der Waals surface area contributed by atoms with E-state index in [2.05, 4.69) is 71.8 Å². The quantitative estimate of drug-likeness (QED) is 0.755. The van der Waals surface area contributed by atoms with Crippen molar-refractivity contribution < 1.29 is 0 Å². The van der Waals surface area contributed by atoms with Gasteiger partial charge in [-0.15, -0.1) is 11.3 Å². The number of rotatable bonds is 4. The van der Waals surface area contributed by atoms with Crippen LogP contribution in [0.1, 0.15) is 23.4 Å². The number of para-hydroxylation sites is 1. The second kappa shape index (κ2) is 5.19. The fourth-order valence-electron chi connectivity index (χ4n) is 2.47. The molecule has 98 valence electrons. The largest absolute Gasteiger partial charge is 0.350 e. The number of fused-ring (bicyclic) bond motifs is 1. The number of aromatic nitrogens is 1. The zero-order valence-electron chi connectivity index (χ0n) is 11.3. The minimum absolute atomic E-state index is 0.402. The van der Waals surface area contributed by atoms with Crippen LogP contribution in [0.4, 0.5) is 0 Å². The van der Waals surface area contributed by atoms with Crippen molar-refractivity contribution >= 4 is 22.2 Å². The van der Waals surface area contributed by atoms with Crippen LogP contribution in [0.5, 0.6) is 0 Å². The lowest BCUT2D eigenvalue weighted by Gasteiger charge is -2.11. The summed E-state index contributed by atoms with van der Waals surface area (Å²) in [6.45, 7) is 3.12. The standard InChI is InChI=1S/C16H18N2S/c1-12(16-8-5-9-19-16)17-10-13-11-18(2)15-7-4-3-6-14(13)15/h3-9,11-12,17H,10H2,1-2H3/t12-/m1/s1. The van der Waals surface area contributed by atoms with E-state index >= 15 is 0 Å². The lowest BCUT2D eigenvalue weighted by molar-refractivity contribution is 0.584. The topological polar surface area (TPSA) is 17.0 Å². The molecule has 0 aliphatic heterocycles. The second-order valence-electron chi connectivity index (χ2n) is 4.90. The average molecular weight is 270 g/mol. The van der Waals surface area contributed by atoms with Gasteiger partial charge in [0.2, 0.25) is 0 Å². The van der Waals surface area contributed by atoms with Crippen molar-refractivity contribution in [3.05, 3.63) is 58.4 Å². The van der Waals surface area contributed by atoms with Crippen LogP contribution < -0.4 is 5.32 Å². The van der Waals surface area contributed by atoms with Crippen molar-refractivity contribution in [3.8, 4) is 0 Å². The summed E-state index contributed by atoms with van der Waals surface area (Å²) in [6.07, 6.45) is 2.22. The van der Waals surface area contributed by atoms with Gasteiger partial charge in [0.15, 0.2) is 0 Å². The molecular weight excluding hydrogens is 252 g/mol. The maximum atomic E-state index is 3.60. The minimum atomic E-state index is 0.402. The van der Waals surface area contributed by atoms with Gasteiger partial charge >= 0.3 is 0 Å². The number of benzene rings is 1. The first kappa shape index (κ1) is 12.5. The molecule has 2 aromatic heterocycles. The third-order valence-electron chi connectivity index (χ3n) is 3.55. The Kier molecular flexibility index (Phi) is 3.40. The summed E-state index contributed by atoms with van der Waals surface area (Å²) in [5.41, 5.74) is 2.66. The summed E-state index contributed by atoms with van der Waals surface area (Å²) < 4.78 is 2.20. The Bertz CT molecular complexity index is 667. The Morgan fingerprint density at radius 1 is 1.21 bits per heavy atom. The summed E-state index contributed by atoms with van der Waals surface area (Å²) in [5, 5.41) is 7.08. The molecule has 19 heavy (non-hydrogen) atoms. The van der Waals surface area contributed by atoms with Crippen molar-refractivity contribution in [2.24, 2.45) is 7.05 Å². The van der Waals surface area contributed by atoms with E-state index in [-0.39, 0.29) is 0 Å². The summed E-state index contributed by atoms with van der Waals surface area (Å²) in [4.78, 5) is 1.39. The predicted molar refractivity (Wildman–Crippen MR) is 82.5 cm³/mol. The Balaban J connectivity index is 1.79. The van der Waals surface area contributed by atoms with Gasteiger partial charge in [0.25, 0.3) is 0 Å². The van der Waals surface area contributed by atoms with Gasteiger partial charge in [-0.1, -0.05) is 24.3 Å². The van der Waals surface area contributed by atoms with E-state index in [9.17, 15) is 0 Å². The highest BCUT2D eigenvalue weighted by Crippen LogP contribution is 2.22. The van der Waals surface area contributed by atoms with Gasteiger partial charge in [-0.25, -0.2) is 0 Å². The number of hydrogen-bond acceptors (Lipinski definition) is 2. The predicted octanol–water partition coefficient (Wildman–Crippen LogP) is 4.09. The molecule has 0 radical (unpaired) electrons. The van der Waals surface area contributed by atoms with Gasteiger partial charge in [-0.05, 0) is 30.0 Å². The van der Waals surface area contributed by atoms with Gasteiger partial charge in [-0.3, -0.25) is 0 Å². The fraction of sp³-hybridized carbons (Fsp3) is 0.250. The molecule has 3 heteroatoms. The van der Waals surface area contributed by atoms with Crippen LogP contribution in [-0.4, -0.2) is 4.57 Å². The van der Waals surface area contributed by atoms with Crippen LogP contribution in [-0.2, 0) is 13.6 Å². The van der Waals surface area contributed by atoms with Crippen LogP contribution in [0, 0.1) is 0 Å². The third kappa shape index (κ3) is 2.44. The van der Waals surface area contributed by atoms with Crippen LogP contribution in [0.25, 0.3) is 10.9 Å². The molecule has 0 aliphatic rings. The molecule has 0 aliphatic carbocycles. The van der Waals surface area contributed by atoms with Crippen LogP contribution in [0.2, 0.25) is 0 Å². The number of hydrogen-bond donors (Lipinski definition) is 1. The SMILES string of the molecule is C[C@@H](NCc1cn(C)c2ccccc12)c1cccs1. The first-order valence-electron chi connectivity index (χ1n) is 6.55.